The lowest BCUT2D eigenvalue weighted by atomic mass is 10.1. The number of benzene rings is 1. The number of hydrogen-bond acceptors (Lipinski definition) is 4. The number of furan rings is 1. The van der Waals surface area contributed by atoms with Crippen LogP contribution in [-0.4, -0.2) is 4.92 Å². The average molecular weight is 268 g/mol. The van der Waals surface area contributed by atoms with Crippen LogP contribution in [0, 0.1) is 21.7 Å². The molecule has 1 aromatic carbocycles. The Morgan fingerprint density at radius 2 is 2.05 bits per heavy atom. The van der Waals surface area contributed by atoms with E-state index in [0.29, 0.717) is 18.4 Å². The largest absolute Gasteiger partial charge is 0.468 e. The molecule has 0 saturated heterocycles. The van der Waals surface area contributed by atoms with Gasteiger partial charge in [0.05, 0.1) is 17.7 Å². The summed E-state index contributed by atoms with van der Waals surface area (Å²) in [6, 6.07) is 4.85. The molecule has 0 amide bonds. The van der Waals surface area contributed by atoms with Crippen LogP contribution in [0.4, 0.5) is 14.5 Å². The number of nitro groups is 1. The number of rotatable bonds is 5. The zero-order chi connectivity index (χ0) is 13.8. The lowest BCUT2D eigenvalue weighted by Gasteiger charge is -2.05. The summed E-state index contributed by atoms with van der Waals surface area (Å²) in [5.41, 5.74) is -0.712. The van der Waals surface area contributed by atoms with Crippen LogP contribution in [-0.2, 0) is 13.1 Å². The Kier molecular flexibility index (Phi) is 3.86. The van der Waals surface area contributed by atoms with Crippen LogP contribution in [0.2, 0.25) is 0 Å². The summed E-state index contributed by atoms with van der Waals surface area (Å²) in [5.74, 6) is -1.36. The Labute approximate surface area is 107 Å². The van der Waals surface area contributed by atoms with E-state index in [0.717, 1.165) is 6.07 Å². The van der Waals surface area contributed by atoms with Gasteiger partial charge in [0.2, 0.25) is 5.82 Å². The Morgan fingerprint density at radius 3 is 2.68 bits per heavy atom. The first-order valence-electron chi connectivity index (χ1n) is 5.43. The van der Waals surface area contributed by atoms with Crippen molar-refractivity contribution in [3.05, 3.63) is 63.6 Å². The van der Waals surface area contributed by atoms with Gasteiger partial charge in [-0.25, -0.2) is 4.39 Å². The fraction of sp³-hybridized carbons (Fsp3) is 0.167. The van der Waals surface area contributed by atoms with Crippen molar-refractivity contribution in [3.63, 3.8) is 0 Å². The Bertz CT molecular complexity index is 585. The normalized spacial score (nSPS) is 10.6. The van der Waals surface area contributed by atoms with Gasteiger partial charge in [-0.05, 0) is 12.1 Å². The predicted octanol–water partition coefficient (Wildman–Crippen LogP) is 2.76. The molecule has 0 unspecified atom stereocenters. The molecule has 2 rings (SSSR count). The molecular formula is C12H10F2N2O3. The SMILES string of the molecule is O=[N+]([O-])c1cc(CNCc2ccco2)c(F)cc1F. The summed E-state index contributed by atoms with van der Waals surface area (Å²) in [6.45, 7) is 0.380. The lowest BCUT2D eigenvalue weighted by Crippen LogP contribution is -2.13. The van der Waals surface area contributed by atoms with Gasteiger partial charge in [-0.15, -0.1) is 0 Å². The first kappa shape index (κ1) is 13.2. The van der Waals surface area contributed by atoms with E-state index in [1.165, 1.54) is 6.26 Å². The van der Waals surface area contributed by atoms with Crippen molar-refractivity contribution in [2.75, 3.05) is 0 Å². The van der Waals surface area contributed by atoms with Crippen LogP contribution in [0.25, 0.3) is 0 Å². The van der Waals surface area contributed by atoms with Crippen LogP contribution in [0.3, 0.4) is 0 Å². The van der Waals surface area contributed by atoms with Gasteiger partial charge in [0.25, 0.3) is 0 Å². The molecule has 0 aliphatic rings. The summed E-state index contributed by atoms with van der Waals surface area (Å²) in [7, 11) is 0. The third-order valence-electron chi connectivity index (χ3n) is 2.51. The summed E-state index contributed by atoms with van der Waals surface area (Å²) in [6.07, 6.45) is 1.50. The first-order valence-corrected chi connectivity index (χ1v) is 5.43. The molecular weight excluding hydrogens is 258 g/mol. The molecule has 5 nitrogen and oxygen atoms in total. The minimum absolute atomic E-state index is 0.0275. The lowest BCUT2D eigenvalue weighted by molar-refractivity contribution is -0.387. The number of hydrogen-bond donors (Lipinski definition) is 1. The maximum Gasteiger partial charge on any atom is 0.305 e. The fourth-order valence-corrected chi connectivity index (χ4v) is 1.59. The molecule has 2 aromatic rings. The van der Waals surface area contributed by atoms with Gasteiger partial charge in [0, 0.05) is 24.2 Å². The Morgan fingerprint density at radius 1 is 1.26 bits per heavy atom. The minimum Gasteiger partial charge on any atom is -0.468 e. The quantitative estimate of drug-likeness (QED) is 0.668. The van der Waals surface area contributed by atoms with E-state index in [9.17, 15) is 18.9 Å². The van der Waals surface area contributed by atoms with Crippen molar-refractivity contribution in [2.24, 2.45) is 0 Å². The van der Waals surface area contributed by atoms with Crippen LogP contribution in [0.1, 0.15) is 11.3 Å². The van der Waals surface area contributed by atoms with E-state index in [1.807, 2.05) is 0 Å². The second-order valence-corrected chi connectivity index (χ2v) is 3.84. The zero-order valence-electron chi connectivity index (χ0n) is 9.73. The highest BCUT2D eigenvalue weighted by Crippen LogP contribution is 2.21. The number of nitro benzene ring substituents is 1. The summed E-state index contributed by atoms with van der Waals surface area (Å²) < 4.78 is 31.6. The van der Waals surface area contributed by atoms with Crippen LogP contribution in [0.15, 0.2) is 34.9 Å². The molecule has 0 fully saturated rings. The zero-order valence-corrected chi connectivity index (χ0v) is 9.73. The summed E-state index contributed by atoms with van der Waals surface area (Å²) in [5, 5.41) is 13.4. The van der Waals surface area contributed by atoms with Crippen molar-refractivity contribution in [2.45, 2.75) is 13.1 Å². The molecule has 1 heterocycles. The number of nitrogens with one attached hydrogen (secondary N) is 1. The van der Waals surface area contributed by atoms with E-state index < -0.39 is 22.2 Å². The van der Waals surface area contributed by atoms with Crippen molar-refractivity contribution in [1.29, 1.82) is 0 Å². The molecule has 0 aliphatic heterocycles. The molecule has 100 valence electrons. The maximum absolute atomic E-state index is 13.4. The smallest absolute Gasteiger partial charge is 0.305 e. The molecule has 0 spiro atoms. The molecule has 19 heavy (non-hydrogen) atoms. The van der Waals surface area contributed by atoms with Gasteiger partial charge < -0.3 is 9.73 Å². The maximum atomic E-state index is 13.4. The highest BCUT2D eigenvalue weighted by atomic mass is 19.1. The van der Waals surface area contributed by atoms with Gasteiger partial charge >= 0.3 is 5.69 Å². The second-order valence-electron chi connectivity index (χ2n) is 3.84. The third kappa shape index (κ3) is 3.14. The van der Waals surface area contributed by atoms with Gasteiger partial charge in [0.15, 0.2) is 0 Å². The van der Waals surface area contributed by atoms with Crippen LogP contribution in [0.5, 0.6) is 0 Å². The van der Waals surface area contributed by atoms with E-state index in [1.54, 1.807) is 12.1 Å². The molecule has 1 aromatic heterocycles. The number of nitrogens with zero attached hydrogens (tertiary/aromatic N) is 1. The van der Waals surface area contributed by atoms with E-state index in [2.05, 4.69) is 5.32 Å². The van der Waals surface area contributed by atoms with Crippen LogP contribution >= 0.6 is 0 Å². The molecule has 0 radical (unpaired) electrons. The summed E-state index contributed by atoms with van der Waals surface area (Å²) >= 11 is 0. The van der Waals surface area contributed by atoms with Crippen molar-refractivity contribution >= 4 is 5.69 Å². The van der Waals surface area contributed by atoms with E-state index in [-0.39, 0.29) is 12.1 Å². The highest BCUT2D eigenvalue weighted by molar-refractivity contribution is 5.37. The monoisotopic (exact) mass is 268 g/mol. The van der Waals surface area contributed by atoms with Gasteiger partial charge in [0.1, 0.15) is 11.6 Å². The standard InChI is InChI=1S/C12H10F2N2O3/c13-10-5-11(14)12(16(17)18)4-8(10)6-15-7-9-2-1-3-19-9/h1-5,15H,6-7H2. The van der Waals surface area contributed by atoms with Crippen molar-refractivity contribution < 1.29 is 18.1 Å². The topological polar surface area (TPSA) is 68.3 Å². The Hall–Kier alpha value is -2.28. The molecule has 0 atom stereocenters. The summed E-state index contributed by atoms with van der Waals surface area (Å²) in [4.78, 5) is 9.67. The van der Waals surface area contributed by atoms with Crippen molar-refractivity contribution in [3.8, 4) is 0 Å². The highest BCUT2D eigenvalue weighted by Gasteiger charge is 2.18. The molecule has 0 bridgehead atoms. The average Bonchev–Trinajstić information content (AvgIpc) is 2.84. The molecule has 1 N–H and O–H groups in total. The third-order valence-corrected chi connectivity index (χ3v) is 2.51. The van der Waals surface area contributed by atoms with Crippen LogP contribution < -0.4 is 5.32 Å². The van der Waals surface area contributed by atoms with E-state index in [4.69, 9.17) is 4.42 Å². The fourth-order valence-electron chi connectivity index (χ4n) is 1.59. The minimum atomic E-state index is -1.18. The van der Waals surface area contributed by atoms with Gasteiger partial charge in [-0.1, -0.05) is 0 Å². The first-order chi connectivity index (χ1) is 9.08. The molecule has 7 heteroatoms. The molecule has 0 saturated carbocycles. The second kappa shape index (κ2) is 5.57. The predicted molar refractivity (Wildman–Crippen MR) is 62.3 cm³/mol. The van der Waals surface area contributed by atoms with Gasteiger partial charge in [-0.2, -0.15) is 4.39 Å². The number of halogens is 2. The van der Waals surface area contributed by atoms with Crippen molar-refractivity contribution in [1.82, 2.24) is 5.32 Å². The van der Waals surface area contributed by atoms with Gasteiger partial charge in [-0.3, -0.25) is 10.1 Å². The molecule has 0 aliphatic carbocycles. The van der Waals surface area contributed by atoms with E-state index >= 15 is 0 Å². The Balaban J connectivity index is 2.07.